The number of fused-ring (bicyclic) bond motifs is 1. The standard InChI is InChI=1S/C15H21ClO2/c1-8(2)10-7-15(4)9(3)5-13(18)14(16)11(15)6-12(10)17/h6,9,13-14,18H,5,7H2,1-4H3/t9-,13+,14+,15+/m0/s1. The van der Waals surface area contributed by atoms with Crippen molar-refractivity contribution in [1.29, 1.82) is 0 Å². The van der Waals surface area contributed by atoms with E-state index >= 15 is 0 Å². The van der Waals surface area contributed by atoms with Gasteiger partial charge in [-0.2, -0.15) is 0 Å². The molecule has 0 unspecified atom stereocenters. The summed E-state index contributed by atoms with van der Waals surface area (Å²) in [7, 11) is 0. The highest BCUT2D eigenvalue weighted by molar-refractivity contribution is 6.24. The molecule has 1 fully saturated rings. The first-order valence-electron chi connectivity index (χ1n) is 6.52. The lowest BCUT2D eigenvalue weighted by Crippen LogP contribution is -2.46. The molecular formula is C15H21ClO2. The van der Waals surface area contributed by atoms with E-state index in [1.165, 1.54) is 0 Å². The molecule has 0 aromatic rings. The summed E-state index contributed by atoms with van der Waals surface area (Å²) in [6, 6.07) is 0. The number of aliphatic hydroxyl groups is 1. The van der Waals surface area contributed by atoms with E-state index in [4.69, 9.17) is 11.6 Å². The van der Waals surface area contributed by atoms with Gasteiger partial charge in [-0.1, -0.05) is 19.4 Å². The lowest BCUT2D eigenvalue weighted by molar-refractivity contribution is -0.112. The zero-order valence-electron chi connectivity index (χ0n) is 11.5. The van der Waals surface area contributed by atoms with Crippen LogP contribution >= 0.6 is 11.6 Å². The number of hydrogen-bond acceptors (Lipinski definition) is 2. The predicted molar refractivity (Wildman–Crippen MR) is 73.6 cm³/mol. The molecule has 0 aromatic heterocycles. The van der Waals surface area contributed by atoms with Crippen molar-refractivity contribution in [1.82, 2.24) is 0 Å². The summed E-state index contributed by atoms with van der Waals surface area (Å²) < 4.78 is 0. The van der Waals surface area contributed by atoms with Crippen LogP contribution in [0.4, 0.5) is 0 Å². The zero-order chi connectivity index (χ0) is 13.7. The average Bonchev–Trinajstić information content (AvgIpc) is 2.28. The highest BCUT2D eigenvalue weighted by Gasteiger charge is 2.48. The number of aliphatic hydroxyl groups excluding tert-OH is 1. The Hall–Kier alpha value is -0.600. The minimum atomic E-state index is -0.540. The predicted octanol–water partition coefficient (Wildman–Crippen LogP) is 3.24. The van der Waals surface area contributed by atoms with E-state index in [9.17, 15) is 9.90 Å². The van der Waals surface area contributed by atoms with E-state index in [-0.39, 0.29) is 11.2 Å². The maximum atomic E-state index is 12.1. The molecule has 0 radical (unpaired) electrons. The van der Waals surface area contributed by atoms with Crippen molar-refractivity contribution >= 4 is 17.4 Å². The Morgan fingerprint density at radius 2 is 2.11 bits per heavy atom. The summed E-state index contributed by atoms with van der Waals surface area (Å²) in [5, 5.41) is 9.54. The third kappa shape index (κ3) is 1.96. The van der Waals surface area contributed by atoms with Crippen LogP contribution in [0.1, 0.15) is 40.5 Å². The molecule has 2 aliphatic rings. The van der Waals surface area contributed by atoms with Crippen molar-refractivity contribution in [3.05, 3.63) is 22.8 Å². The topological polar surface area (TPSA) is 37.3 Å². The highest BCUT2D eigenvalue weighted by atomic mass is 35.5. The van der Waals surface area contributed by atoms with E-state index in [0.717, 1.165) is 23.1 Å². The summed E-state index contributed by atoms with van der Waals surface area (Å²) in [5.74, 6) is 0.394. The van der Waals surface area contributed by atoms with Crippen LogP contribution in [0.15, 0.2) is 22.8 Å². The van der Waals surface area contributed by atoms with E-state index in [1.54, 1.807) is 6.08 Å². The van der Waals surface area contributed by atoms with Crippen molar-refractivity contribution in [2.24, 2.45) is 11.3 Å². The summed E-state index contributed by atoms with van der Waals surface area (Å²) >= 11 is 6.30. The maximum Gasteiger partial charge on any atom is 0.181 e. The van der Waals surface area contributed by atoms with Crippen LogP contribution in [0, 0.1) is 11.3 Å². The minimum absolute atomic E-state index is 0.0643. The second-order valence-electron chi connectivity index (χ2n) is 6.14. The summed E-state index contributed by atoms with van der Waals surface area (Å²) in [6.45, 7) is 8.27. The first-order valence-corrected chi connectivity index (χ1v) is 6.96. The third-order valence-electron chi connectivity index (χ3n) is 4.71. The molecule has 0 spiro atoms. The third-order valence-corrected chi connectivity index (χ3v) is 5.23. The average molecular weight is 269 g/mol. The molecule has 3 heteroatoms. The first kappa shape index (κ1) is 13.8. The van der Waals surface area contributed by atoms with Gasteiger partial charge in [0.25, 0.3) is 0 Å². The molecule has 1 N–H and O–H groups in total. The van der Waals surface area contributed by atoms with Crippen LogP contribution < -0.4 is 0 Å². The lowest BCUT2D eigenvalue weighted by atomic mass is 9.58. The number of alkyl halides is 1. The smallest absolute Gasteiger partial charge is 0.181 e. The van der Waals surface area contributed by atoms with Gasteiger partial charge in [0.05, 0.1) is 11.5 Å². The fourth-order valence-electron chi connectivity index (χ4n) is 3.18. The molecule has 18 heavy (non-hydrogen) atoms. The van der Waals surface area contributed by atoms with Gasteiger partial charge in [0.2, 0.25) is 0 Å². The quantitative estimate of drug-likeness (QED) is 0.541. The van der Waals surface area contributed by atoms with Crippen molar-refractivity contribution in [3.8, 4) is 0 Å². The molecule has 0 aromatic carbocycles. The molecule has 0 amide bonds. The maximum absolute atomic E-state index is 12.1. The van der Waals surface area contributed by atoms with E-state index in [2.05, 4.69) is 13.8 Å². The van der Waals surface area contributed by atoms with Gasteiger partial charge in [-0.3, -0.25) is 4.79 Å². The van der Waals surface area contributed by atoms with Gasteiger partial charge in [-0.15, -0.1) is 11.6 Å². The van der Waals surface area contributed by atoms with Gasteiger partial charge in [-0.25, -0.2) is 0 Å². The molecule has 4 atom stereocenters. The molecule has 2 rings (SSSR count). The SMILES string of the molecule is CC(C)=C1C[C@@]2(C)C(=CC1=O)[C@@H](Cl)[C@H](O)C[C@@H]2C. The molecule has 100 valence electrons. The van der Waals surface area contributed by atoms with Crippen LogP contribution in [0.3, 0.4) is 0 Å². The minimum Gasteiger partial charge on any atom is -0.391 e. The normalized spacial score (nSPS) is 40.3. The Morgan fingerprint density at radius 1 is 1.50 bits per heavy atom. The van der Waals surface area contributed by atoms with Crippen LogP contribution in [0.5, 0.6) is 0 Å². The van der Waals surface area contributed by atoms with E-state index < -0.39 is 11.5 Å². The van der Waals surface area contributed by atoms with Gasteiger partial charge in [0.1, 0.15) is 0 Å². The fraction of sp³-hybridized carbons (Fsp3) is 0.667. The molecule has 1 saturated carbocycles. The van der Waals surface area contributed by atoms with Crippen molar-refractivity contribution in [3.63, 3.8) is 0 Å². The molecule has 0 bridgehead atoms. The molecular weight excluding hydrogens is 248 g/mol. The second kappa shape index (κ2) is 4.50. The van der Waals surface area contributed by atoms with Gasteiger partial charge < -0.3 is 5.11 Å². The van der Waals surface area contributed by atoms with E-state index in [1.807, 2.05) is 13.8 Å². The van der Waals surface area contributed by atoms with Crippen LogP contribution in [0.2, 0.25) is 0 Å². The van der Waals surface area contributed by atoms with E-state index in [0.29, 0.717) is 12.3 Å². The molecule has 0 aliphatic heterocycles. The van der Waals surface area contributed by atoms with Gasteiger partial charge in [-0.05, 0) is 55.2 Å². The van der Waals surface area contributed by atoms with Gasteiger partial charge in [0.15, 0.2) is 5.78 Å². The molecule has 2 aliphatic carbocycles. The van der Waals surface area contributed by atoms with Crippen LogP contribution in [-0.2, 0) is 4.79 Å². The molecule has 0 heterocycles. The number of carbonyl (C=O) groups is 1. The summed E-state index contributed by atoms with van der Waals surface area (Å²) in [6.07, 6.45) is 2.58. The van der Waals surface area contributed by atoms with Crippen molar-refractivity contribution in [2.45, 2.75) is 52.0 Å². The van der Waals surface area contributed by atoms with Crippen LogP contribution in [0.25, 0.3) is 0 Å². The number of hydrogen-bond donors (Lipinski definition) is 1. The van der Waals surface area contributed by atoms with Gasteiger partial charge in [0, 0.05) is 0 Å². The Balaban J connectivity index is 2.53. The number of rotatable bonds is 0. The largest absolute Gasteiger partial charge is 0.391 e. The Labute approximate surface area is 114 Å². The van der Waals surface area contributed by atoms with Crippen molar-refractivity contribution < 1.29 is 9.90 Å². The monoisotopic (exact) mass is 268 g/mol. The summed E-state index contributed by atoms with van der Waals surface area (Å²) in [5.41, 5.74) is 2.83. The van der Waals surface area contributed by atoms with Crippen molar-refractivity contribution in [2.75, 3.05) is 0 Å². The molecule has 0 saturated heterocycles. The number of allylic oxidation sites excluding steroid dienone is 3. The summed E-state index contributed by atoms with van der Waals surface area (Å²) in [4.78, 5) is 12.1. The first-order chi connectivity index (χ1) is 8.27. The fourth-order valence-corrected chi connectivity index (χ4v) is 3.59. The Morgan fingerprint density at radius 3 is 2.67 bits per heavy atom. The number of ketones is 1. The second-order valence-corrected chi connectivity index (χ2v) is 6.61. The zero-order valence-corrected chi connectivity index (χ0v) is 12.2. The Kier molecular flexibility index (Phi) is 3.46. The lowest BCUT2D eigenvalue weighted by Gasteiger charge is -2.48. The highest BCUT2D eigenvalue weighted by Crippen LogP contribution is 2.52. The Bertz CT molecular complexity index is 445. The number of halogens is 1. The van der Waals surface area contributed by atoms with Crippen LogP contribution in [-0.4, -0.2) is 22.4 Å². The van der Waals surface area contributed by atoms with Gasteiger partial charge >= 0.3 is 0 Å². The molecule has 2 nitrogen and oxygen atoms in total. The number of carbonyl (C=O) groups excluding carboxylic acids is 1.